The molecule has 0 amide bonds. The number of hydrogen-bond donors (Lipinski definition) is 0. The Labute approximate surface area is 63.6 Å². The molecule has 4 heteroatoms. The normalized spacial score (nSPS) is 9.80. The lowest BCUT2D eigenvalue weighted by Gasteiger charge is -1.93. The maximum atomic E-state index is 10.5. The molecule has 1 rings (SSSR count). The van der Waals surface area contributed by atoms with E-state index in [-0.39, 0.29) is 5.78 Å². The van der Waals surface area contributed by atoms with Crippen LogP contribution in [0.5, 0.6) is 0 Å². The average molecular weight is 159 g/mol. The van der Waals surface area contributed by atoms with E-state index < -0.39 is 0 Å². The van der Waals surface area contributed by atoms with Crippen LogP contribution in [0.4, 0.5) is 0 Å². The number of ketones is 1. The summed E-state index contributed by atoms with van der Waals surface area (Å²) in [6, 6.07) is 1.64. The van der Waals surface area contributed by atoms with Crippen molar-refractivity contribution in [2.75, 3.05) is 0 Å². The van der Waals surface area contributed by atoms with Gasteiger partial charge in [-0.05, 0) is 13.0 Å². The van der Waals surface area contributed by atoms with Crippen LogP contribution in [0, 0.1) is 0 Å². The second kappa shape index (κ2) is 2.84. The predicted molar refractivity (Wildman–Crippen MR) is 37.9 cm³/mol. The minimum atomic E-state index is 0.0692. The van der Waals surface area contributed by atoms with Crippen molar-refractivity contribution in [3.05, 3.63) is 17.4 Å². The molecule has 0 saturated heterocycles. The van der Waals surface area contributed by atoms with Crippen molar-refractivity contribution in [2.24, 2.45) is 0 Å². The van der Waals surface area contributed by atoms with Crippen LogP contribution in [-0.4, -0.2) is 15.6 Å². The number of Topliss-reactive ketones (excluding diaryl/α,β-unsaturated/α-hetero) is 1. The number of carbonyl (C=O) groups excluding carboxylic acids is 1. The maximum absolute atomic E-state index is 10.5. The van der Waals surface area contributed by atoms with Gasteiger partial charge >= 0.3 is 0 Å². The smallest absolute Gasteiger partial charge is 0.151 e. The number of nitrogens with zero attached hydrogens (tertiary/aromatic N) is 2. The Morgan fingerprint density at radius 3 is 3.00 bits per heavy atom. The Bertz CT molecular complexity index is 244. The zero-order valence-corrected chi connectivity index (χ0v) is 6.30. The fourth-order valence-corrected chi connectivity index (χ4v) is 0.807. The SMILES string of the molecule is CC(=O)Cn1ccc(Cl)n1. The molecule has 3 nitrogen and oxygen atoms in total. The molecule has 54 valence electrons. The van der Waals surface area contributed by atoms with E-state index in [1.54, 1.807) is 12.3 Å². The van der Waals surface area contributed by atoms with Crippen molar-refractivity contribution >= 4 is 17.4 Å². The molecular weight excluding hydrogens is 152 g/mol. The minimum Gasteiger partial charge on any atom is -0.298 e. The number of hydrogen-bond acceptors (Lipinski definition) is 2. The van der Waals surface area contributed by atoms with E-state index >= 15 is 0 Å². The molecule has 0 N–H and O–H groups in total. The molecule has 0 unspecified atom stereocenters. The van der Waals surface area contributed by atoms with Crippen molar-refractivity contribution in [3.8, 4) is 0 Å². The fourth-order valence-electron chi connectivity index (χ4n) is 0.653. The van der Waals surface area contributed by atoms with Gasteiger partial charge in [-0.3, -0.25) is 9.48 Å². The van der Waals surface area contributed by atoms with Gasteiger partial charge in [0.2, 0.25) is 0 Å². The van der Waals surface area contributed by atoms with E-state index in [2.05, 4.69) is 5.10 Å². The van der Waals surface area contributed by atoms with Gasteiger partial charge in [0, 0.05) is 6.20 Å². The van der Waals surface area contributed by atoms with Gasteiger partial charge in [0.1, 0.15) is 0 Å². The van der Waals surface area contributed by atoms with Gasteiger partial charge in [-0.25, -0.2) is 0 Å². The van der Waals surface area contributed by atoms with Gasteiger partial charge in [0.25, 0.3) is 0 Å². The first-order chi connectivity index (χ1) is 4.68. The first-order valence-corrected chi connectivity index (χ1v) is 3.24. The summed E-state index contributed by atoms with van der Waals surface area (Å²) in [6.45, 7) is 1.81. The standard InChI is InChI=1S/C6H7ClN2O/c1-5(10)4-9-3-2-6(7)8-9/h2-3H,4H2,1H3. The van der Waals surface area contributed by atoms with E-state index in [1.807, 2.05) is 0 Å². The molecular formula is C6H7ClN2O. The summed E-state index contributed by atoms with van der Waals surface area (Å²) in [5.74, 6) is 0.0692. The number of rotatable bonds is 2. The molecule has 0 aromatic carbocycles. The highest BCUT2D eigenvalue weighted by Crippen LogP contribution is 2.01. The van der Waals surface area contributed by atoms with Crippen LogP contribution in [0.3, 0.4) is 0 Å². The van der Waals surface area contributed by atoms with Crippen LogP contribution in [0.1, 0.15) is 6.92 Å². The molecule has 1 heterocycles. The van der Waals surface area contributed by atoms with E-state index in [1.165, 1.54) is 11.6 Å². The Hall–Kier alpha value is -0.830. The van der Waals surface area contributed by atoms with E-state index in [0.29, 0.717) is 11.7 Å². The zero-order valence-electron chi connectivity index (χ0n) is 5.54. The van der Waals surface area contributed by atoms with Gasteiger partial charge in [-0.2, -0.15) is 5.10 Å². The first-order valence-electron chi connectivity index (χ1n) is 2.87. The maximum Gasteiger partial charge on any atom is 0.151 e. The summed E-state index contributed by atoms with van der Waals surface area (Å²) in [6.07, 6.45) is 1.67. The summed E-state index contributed by atoms with van der Waals surface area (Å²) in [4.78, 5) is 10.5. The van der Waals surface area contributed by atoms with Crippen LogP contribution < -0.4 is 0 Å². The number of aromatic nitrogens is 2. The Morgan fingerprint density at radius 1 is 1.90 bits per heavy atom. The molecule has 0 fully saturated rings. The Balaban J connectivity index is 2.67. The van der Waals surface area contributed by atoms with E-state index in [4.69, 9.17) is 11.6 Å². The number of halogens is 1. The van der Waals surface area contributed by atoms with Crippen LogP contribution in [0.25, 0.3) is 0 Å². The highest BCUT2D eigenvalue weighted by Gasteiger charge is 1.96. The highest BCUT2D eigenvalue weighted by molar-refractivity contribution is 6.29. The molecule has 0 saturated carbocycles. The molecule has 10 heavy (non-hydrogen) atoms. The monoisotopic (exact) mass is 158 g/mol. The van der Waals surface area contributed by atoms with Crippen LogP contribution >= 0.6 is 11.6 Å². The third-order valence-corrected chi connectivity index (χ3v) is 1.19. The van der Waals surface area contributed by atoms with Crippen LogP contribution in [0.2, 0.25) is 5.15 Å². The van der Waals surface area contributed by atoms with E-state index in [9.17, 15) is 4.79 Å². The van der Waals surface area contributed by atoms with Crippen LogP contribution in [0.15, 0.2) is 12.3 Å². The predicted octanol–water partition coefficient (Wildman–Crippen LogP) is 1.13. The summed E-state index contributed by atoms with van der Waals surface area (Å²) in [5.41, 5.74) is 0. The molecule has 0 aliphatic carbocycles. The quantitative estimate of drug-likeness (QED) is 0.647. The Morgan fingerprint density at radius 2 is 2.60 bits per heavy atom. The van der Waals surface area contributed by atoms with Gasteiger partial charge in [0.05, 0.1) is 6.54 Å². The zero-order chi connectivity index (χ0) is 7.56. The lowest BCUT2D eigenvalue weighted by Crippen LogP contribution is -2.05. The molecule has 0 aliphatic rings. The lowest BCUT2D eigenvalue weighted by molar-refractivity contribution is -0.117. The fraction of sp³-hybridized carbons (Fsp3) is 0.333. The molecule has 1 aromatic heterocycles. The van der Waals surface area contributed by atoms with Crippen molar-refractivity contribution < 1.29 is 4.79 Å². The average Bonchev–Trinajstić information content (AvgIpc) is 2.13. The highest BCUT2D eigenvalue weighted by atomic mass is 35.5. The van der Waals surface area contributed by atoms with Crippen molar-refractivity contribution in [2.45, 2.75) is 13.5 Å². The lowest BCUT2D eigenvalue weighted by atomic mass is 10.4. The molecule has 0 radical (unpaired) electrons. The van der Waals surface area contributed by atoms with Crippen molar-refractivity contribution in [1.82, 2.24) is 9.78 Å². The summed E-state index contributed by atoms with van der Waals surface area (Å²) in [7, 11) is 0. The Kier molecular flexibility index (Phi) is 2.06. The second-order valence-electron chi connectivity index (χ2n) is 2.04. The summed E-state index contributed by atoms with van der Waals surface area (Å²) >= 11 is 5.50. The molecule has 1 aromatic rings. The second-order valence-corrected chi connectivity index (χ2v) is 2.43. The topological polar surface area (TPSA) is 34.9 Å². The van der Waals surface area contributed by atoms with Gasteiger partial charge in [-0.1, -0.05) is 11.6 Å². The number of carbonyl (C=O) groups is 1. The first kappa shape index (κ1) is 7.28. The van der Waals surface area contributed by atoms with Gasteiger partial charge in [0.15, 0.2) is 10.9 Å². The molecule has 0 spiro atoms. The van der Waals surface area contributed by atoms with Crippen molar-refractivity contribution in [3.63, 3.8) is 0 Å². The summed E-state index contributed by atoms with van der Waals surface area (Å²) in [5, 5.41) is 4.23. The third-order valence-electron chi connectivity index (χ3n) is 0.993. The third kappa shape index (κ3) is 1.84. The molecule has 0 atom stereocenters. The van der Waals surface area contributed by atoms with Gasteiger partial charge in [-0.15, -0.1) is 0 Å². The van der Waals surface area contributed by atoms with Gasteiger partial charge < -0.3 is 0 Å². The largest absolute Gasteiger partial charge is 0.298 e. The van der Waals surface area contributed by atoms with Crippen LogP contribution in [-0.2, 0) is 11.3 Å². The van der Waals surface area contributed by atoms with E-state index in [0.717, 1.165) is 0 Å². The minimum absolute atomic E-state index is 0.0692. The molecule has 0 aliphatic heterocycles. The molecule has 0 bridgehead atoms. The summed E-state index contributed by atoms with van der Waals surface area (Å²) < 4.78 is 1.50. The van der Waals surface area contributed by atoms with Crippen molar-refractivity contribution in [1.29, 1.82) is 0 Å².